The molecule has 0 unspecified atom stereocenters. The molecule has 0 fully saturated rings. The predicted molar refractivity (Wildman–Crippen MR) is 78.3 cm³/mol. The lowest BCUT2D eigenvalue weighted by molar-refractivity contribution is -0.383. The average molecular weight is 352 g/mol. The largest absolute Gasteiger partial charge is 0.429 e. The molecule has 6 nitrogen and oxygen atoms in total. The first-order valence-electron chi connectivity index (χ1n) is 5.48. The monoisotopic (exact) mass is 351 g/mol. The zero-order chi connectivity index (χ0) is 14.1. The van der Waals surface area contributed by atoms with Crippen LogP contribution in [0.1, 0.15) is 0 Å². The summed E-state index contributed by atoms with van der Waals surface area (Å²) in [6.07, 6.45) is 0. The molecular formula is C12H6BrN3O3S. The van der Waals surface area contributed by atoms with Crippen LogP contribution in [0.25, 0.3) is 10.8 Å². The number of ether oxygens (including phenoxy) is 1. The van der Waals surface area contributed by atoms with Crippen LogP contribution in [-0.4, -0.2) is 15.1 Å². The molecule has 0 aliphatic carbocycles. The Morgan fingerprint density at radius 3 is 2.55 bits per heavy atom. The van der Waals surface area contributed by atoms with E-state index in [1.54, 1.807) is 30.3 Å². The number of benzene rings is 2. The maximum atomic E-state index is 11.0. The van der Waals surface area contributed by atoms with Crippen LogP contribution in [0.5, 0.6) is 10.9 Å². The Kier molecular flexibility index (Phi) is 3.33. The fourth-order valence-electron chi connectivity index (χ4n) is 1.83. The van der Waals surface area contributed by atoms with E-state index in [-0.39, 0.29) is 5.69 Å². The van der Waals surface area contributed by atoms with Gasteiger partial charge in [-0.2, -0.15) is 0 Å². The fourth-order valence-corrected chi connectivity index (χ4v) is 2.77. The van der Waals surface area contributed by atoms with Crippen molar-refractivity contribution in [1.82, 2.24) is 10.2 Å². The third-order valence-corrected chi connectivity index (χ3v) is 3.87. The normalized spacial score (nSPS) is 10.7. The number of nitro benzene ring substituents is 1. The Morgan fingerprint density at radius 2 is 1.90 bits per heavy atom. The van der Waals surface area contributed by atoms with E-state index < -0.39 is 4.92 Å². The van der Waals surface area contributed by atoms with Crippen molar-refractivity contribution >= 4 is 43.7 Å². The molecule has 0 aliphatic rings. The van der Waals surface area contributed by atoms with Gasteiger partial charge in [0.1, 0.15) is 5.75 Å². The van der Waals surface area contributed by atoms with E-state index in [4.69, 9.17) is 4.74 Å². The summed E-state index contributed by atoms with van der Waals surface area (Å²) in [5, 5.41) is 20.2. The van der Waals surface area contributed by atoms with Crippen LogP contribution in [0, 0.1) is 10.1 Å². The van der Waals surface area contributed by atoms with Crippen LogP contribution in [0.15, 0.2) is 40.3 Å². The smallest absolute Gasteiger partial charge is 0.300 e. The van der Waals surface area contributed by atoms with Gasteiger partial charge in [-0.25, -0.2) is 0 Å². The lowest BCUT2D eigenvalue weighted by atomic mass is 10.1. The molecule has 0 saturated carbocycles. The minimum atomic E-state index is -0.409. The number of non-ortho nitro benzene ring substituents is 1. The van der Waals surface area contributed by atoms with Gasteiger partial charge in [-0.3, -0.25) is 10.1 Å². The Morgan fingerprint density at radius 1 is 1.15 bits per heavy atom. The van der Waals surface area contributed by atoms with E-state index in [0.717, 1.165) is 0 Å². The Hall–Kier alpha value is -2.06. The zero-order valence-corrected chi connectivity index (χ0v) is 12.2. The Balaban J connectivity index is 2.12. The van der Waals surface area contributed by atoms with E-state index in [2.05, 4.69) is 26.1 Å². The minimum Gasteiger partial charge on any atom is -0.429 e. The summed E-state index contributed by atoms with van der Waals surface area (Å²) in [6.45, 7) is 0. The molecule has 0 saturated heterocycles. The number of hydrogen-bond acceptors (Lipinski definition) is 6. The summed E-state index contributed by atoms with van der Waals surface area (Å²) in [5.74, 6) is 0.509. The fraction of sp³-hybridized carbons (Fsp3) is 0. The van der Waals surface area contributed by atoms with Crippen LogP contribution >= 0.6 is 27.3 Å². The maximum absolute atomic E-state index is 11.0. The maximum Gasteiger partial charge on any atom is 0.300 e. The van der Waals surface area contributed by atoms with Crippen molar-refractivity contribution < 1.29 is 9.66 Å². The molecule has 1 heterocycles. The van der Waals surface area contributed by atoms with Crippen molar-refractivity contribution in [2.24, 2.45) is 0 Å². The molecule has 0 bridgehead atoms. The van der Waals surface area contributed by atoms with Gasteiger partial charge in [-0.15, -0.1) is 5.10 Å². The molecule has 0 atom stereocenters. The molecule has 0 amide bonds. The van der Waals surface area contributed by atoms with Crippen LogP contribution in [-0.2, 0) is 0 Å². The van der Waals surface area contributed by atoms with Crippen molar-refractivity contribution in [3.8, 4) is 10.9 Å². The van der Waals surface area contributed by atoms with Gasteiger partial charge in [-0.1, -0.05) is 23.3 Å². The Bertz CT molecular complexity index is 805. The van der Waals surface area contributed by atoms with Gasteiger partial charge in [0, 0.05) is 11.5 Å². The number of nitro groups is 1. The van der Waals surface area contributed by atoms with Gasteiger partial charge in [0.25, 0.3) is 10.9 Å². The third kappa shape index (κ3) is 2.35. The van der Waals surface area contributed by atoms with Gasteiger partial charge >= 0.3 is 0 Å². The second-order valence-corrected chi connectivity index (χ2v) is 6.02. The standard InChI is InChI=1S/C12H6BrN3O3S/c13-11-14-15-12(20-11)19-10-6-5-9(16(17)18)7-3-1-2-4-8(7)10/h1-6H. The summed E-state index contributed by atoms with van der Waals surface area (Å²) in [5.41, 5.74) is 0.0476. The number of rotatable bonds is 3. The summed E-state index contributed by atoms with van der Waals surface area (Å²) in [4.78, 5) is 10.6. The molecule has 20 heavy (non-hydrogen) atoms. The summed E-state index contributed by atoms with van der Waals surface area (Å²) >= 11 is 4.44. The summed E-state index contributed by atoms with van der Waals surface area (Å²) in [7, 11) is 0. The van der Waals surface area contributed by atoms with Crippen molar-refractivity contribution in [2.75, 3.05) is 0 Å². The molecule has 0 radical (unpaired) electrons. The molecule has 8 heteroatoms. The molecule has 2 aromatic carbocycles. The topological polar surface area (TPSA) is 78.2 Å². The minimum absolute atomic E-state index is 0.0476. The first kappa shape index (κ1) is 12.9. The lowest BCUT2D eigenvalue weighted by Crippen LogP contribution is -1.91. The number of fused-ring (bicyclic) bond motifs is 1. The Labute approximate surface area is 125 Å². The molecular weight excluding hydrogens is 346 g/mol. The second-order valence-electron chi connectivity index (χ2n) is 3.81. The molecule has 0 N–H and O–H groups in total. The van der Waals surface area contributed by atoms with E-state index >= 15 is 0 Å². The first-order chi connectivity index (χ1) is 9.65. The third-order valence-electron chi connectivity index (χ3n) is 2.64. The van der Waals surface area contributed by atoms with E-state index in [1.165, 1.54) is 17.4 Å². The van der Waals surface area contributed by atoms with Gasteiger partial charge in [-0.05, 0) is 39.4 Å². The molecule has 100 valence electrons. The number of hydrogen-bond donors (Lipinski definition) is 0. The highest BCUT2D eigenvalue weighted by molar-refractivity contribution is 9.11. The number of nitrogens with zero attached hydrogens (tertiary/aromatic N) is 3. The SMILES string of the molecule is O=[N+]([O-])c1ccc(Oc2nnc(Br)s2)c2ccccc12. The predicted octanol–water partition coefficient (Wildman–Crippen LogP) is 4.15. The summed E-state index contributed by atoms with van der Waals surface area (Å²) < 4.78 is 6.25. The molecule has 3 rings (SSSR count). The zero-order valence-electron chi connectivity index (χ0n) is 9.82. The van der Waals surface area contributed by atoms with Crippen molar-refractivity contribution in [2.45, 2.75) is 0 Å². The molecule has 3 aromatic rings. The van der Waals surface area contributed by atoms with Crippen LogP contribution in [0.4, 0.5) is 5.69 Å². The molecule has 1 aromatic heterocycles. The van der Waals surface area contributed by atoms with E-state index in [1.807, 2.05) is 0 Å². The highest BCUT2D eigenvalue weighted by Crippen LogP contribution is 2.36. The van der Waals surface area contributed by atoms with Crippen molar-refractivity contribution in [3.63, 3.8) is 0 Å². The number of halogens is 1. The van der Waals surface area contributed by atoms with Gasteiger partial charge < -0.3 is 4.74 Å². The highest BCUT2D eigenvalue weighted by Gasteiger charge is 2.15. The second kappa shape index (κ2) is 5.14. The van der Waals surface area contributed by atoms with Crippen LogP contribution < -0.4 is 4.74 Å². The first-order valence-corrected chi connectivity index (χ1v) is 7.09. The molecule has 0 aliphatic heterocycles. The van der Waals surface area contributed by atoms with E-state index in [0.29, 0.717) is 25.6 Å². The van der Waals surface area contributed by atoms with Gasteiger partial charge in [0.05, 0.1) is 10.3 Å². The average Bonchev–Trinajstić information content (AvgIpc) is 2.84. The van der Waals surface area contributed by atoms with Crippen molar-refractivity contribution in [1.29, 1.82) is 0 Å². The van der Waals surface area contributed by atoms with Gasteiger partial charge in [0.2, 0.25) is 0 Å². The highest BCUT2D eigenvalue weighted by atomic mass is 79.9. The quantitative estimate of drug-likeness (QED) is 0.523. The van der Waals surface area contributed by atoms with Gasteiger partial charge in [0.15, 0.2) is 3.92 Å². The number of aromatic nitrogens is 2. The molecule has 0 spiro atoms. The van der Waals surface area contributed by atoms with Crippen molar-refractivity contribution in [3.05, 3.63) is 50.4 Å². The van der Waals surface area contributed by atoms with E-state index in [9.17, 15) is 10.1 Å². The summed E-state index contributed by atoms with van der Waals surface area (Å²) in [6, 6.07) is 10.0. The van der Waals surface area contributed by atoms with Crippen LogP contribution in [0.2, 0.25) is 0 Å². The lowest BCUT2D eigenvalue weighted by Gasteiger charge is -2.06. The van der Waals surface area contributed by atoms with Crippen LogP contribution in [0.3, 0.4) is 0 Å².